The summed E-state index contributed by atoms with van der Waals surface area (Å²) in [6.45, 7) is 3.34. The van der Waals surface area contributed by atoms with Gasteiger partial charge in [0.2, 0.25) is 5.91 Å². The van der Waals surface area contributed by atoms with Crippen LogP contribution >= 0.6 is 0 Å². The highest BCUT2D eigenvalue weighted by Gasteiger charge is 2.05. The van der Waals surface area contributed by atoms with Crippen molar-refractivity contribution >= 4 is 5.91 Å². The molecule has 0 spiro atoms. The molecule has 0 fully saturated rings. The van der Waals surface area contributed by atoms with Crippen molar-refractivity contribution in [3.05, 3.63) is 53.9 Å². The second kappa shape index (κ2) is 7.57. The van der Waals surface area contributed by atoms with Gasteiger partial charge in [-0.15, -0.1) is 0 Å². The molecular weight excluding hydrogens is 269 g/mol. The van der Waals surface area contributed by atoms with Crippen LogP contribution in [-0.2, 0) is 24.3 Å². The summed E-state index contributed by atoms with van der Waals surface area (Å²) in [6.07, 6.45) is 5.62. The van der Waals surface area contributed by atoms with Gasteiger partial charge in [-0.25, -0.2) is 9.37 Å². The number of carbonyl (C=O) groups is 1. The number of nitrogens with zero attached hydrogens (tertiary/aromatic N) is 2. The fourth-order valence-corrected chi connectivity index (χ4v) is 2.17. The molecule has 5 heteroatoms. The van der Waals surface area contributed by atoms with Gasteiger partial charge in [-0.1, -0.05) is 12.1 Å². The predicted molar refractivity (Wildman–Crippen MR) is 79.1 cm³/mol. The Morgan fingerprint density at radius 1 is 1.33 bits per heavy atom. The van der Waals surface area contributed by atoms with E-state index >= 15 is 0 Å². The summed E-state index contributed by atoms with van der Waals surface area (Å²) >= 11 is 0. The summed E-state index contributed by atoms with van der Waals surface area (Å²) in [6, 6.07) is 6.40. The molecule has 0 unspecified atom stereocenters. The topological polar surface area (TPSA) is 46.9 Å². The molecule has 0 bridgehead atoms. The molecule has 2 rings (SSSR count). The van der Waals surface area contributed by atoms with E-state index in [4.69, 9.17) is 0 Å². The van der Waals surface area contributed by atoms with E-state index in [1.54, 1.807) is 18.3 Å². The highest BCUT2D eigenvalue weighted by molar-refractivity contribution is 5.75. The molecule has 0 atom stereocenters. The van der Waals surface area contributed by atoms with Crippen LogP contribution < -0.4 is 5.32 Å². The Labute approximate surface area is 124 Å². The van der Waals surface area contributed by atoms with E-state index in [2.05, 4.69) is 10.3 Å². The quantitative estimate of drug-likeness (QED) is 0.852. The number of nitrogens with one attached hydrogen (secondary N) is 1. The number of hydrogen-bond acceptors (Lipinski definition) is 2. The third-order valence-corrected chi connectivity index (χ3v) is 3.37. The maximum atomic E-state index is 12.8. The first kappa shape index (κ1) is 15.2. The summed E-state index contributed by atoms with van der Waals surface area (Å²) in [5.74, 6) is 0.648. The number of carbonyl (C=O) groups excluding carboxylic acids is 1. The molecule has 0 aliphatic rings. The number of aromatic nitrogens is 2. The predicted octanol–water partition coefficient (Wildman–Crippen LogP) is 2.68. The number of imidazole rings is 1. The Morgan fingerprint density at radius 2 is 2.10 bits per heavy atom. The van der Waals surface area contributed by atoms with Gasteiger partial charge in [-0.2, -0.15) is 0 Å². The van der Waals surface area contributed by atoms with Gasteiger partial charge in [0.05, 0.1) is 6.54 Å². The fraction of sp³-hybridized carbons (Fsp3) is 0.375. The van der Waals surface area contributed by atoms with Crippen LogP contribution in [0.4, 0.5) is 4.39 Å². The zero-order valence-electron chi connectivity index (χ0n) is 12.2. The number of aryl methyl sites for hydroxylation is 2. The largest absolute Gasteiger partial charge is 0.349 e. The lowest BCUT2D eigenvalue weighted by molar-refractivity contribution is -0.121. The van der Waals surface area contributed by atoms with Gasteiger partial charge in [-0.3, -0.25) is 4.79 Å². The van der Waals surface area contributed by atoms with Gasteiger partial charge in [-0.05, 0) is 37.5 Å². The Kier molecular flexibility index (Phi) is 5.49. The smallest absolute Gasteiger partial charge is 0.220 e. The van der Waals surface area contributed by atoms with Gasteiger partial charge in [0, 0.05) is 25.4 Å². The van der Waals surface area contributed by atoms with Crippen molar-refractivity contribution in [2.45, 2.75) is 39.3 Å². The molecule has 1 aromatic heterocycles. The van der Waals surface area contributed by atoms with Gasteiger partial charge in [0.25, 0.3) is 0 Å². The van der Waals surface area contributed by atoms with Crippen molar-refractivity contribution in [1.82, 2.24) is 14.9 Å². The van der Waals surface area contributed by atoms with Gasteiger partial charge in [0.1, 0.15) is 11.6 Å². The molecule has 4 nitrogen and oxygen atoms in total. The maximum absolute atomic E-state index is 12.8. The van der Waals surface area contributed by atoms with E-state index in [9.17, 15) is 9.18 Å². The van der Waals surface area contributed by atoms with E-state index in [-0.39, 0.29) is 11.7 Å². The zero-order chi connectivity index (χ0) is 15.1. The molecule has 2 aromatic rings. The van der Waals surface area contributed by atoms with Crippen molar-refractivity contribution in [1.29, 1.82) is 0 Å². The molecule has 1 N–H and O–H groups in total. The molecule has 1 heterocycles. The van der Waals surface area contributed by atoms with Gasteiger partial charge >= 0.3 is 0 Å². The molecule has 0 aliphatic carbocycles. The van der Waals surface area contributed by atoms with E-state index < -0.39 is 0 Å². The van der Waals surface area contributed by atoms with Gasteiger partial charge in [0.15, 0.2) is 0 Å². The summed E-state index contributed by atoms with van der Waals surface area (Å²) in [4.78, 5) is 16.0. The second-order valence-corrected chi connectivity index (χ2v) is 4.89. The summed E-state index contributed by atoms with van der Waals surface area (Å²) < 4.78 is 14.8. The van der Waals surface area contributed by atoms with Crippen LogP contribution in [0.1, 0.15) is 31.2 Å². The van der Waals surface area contributed by atoms with Gasteiger partial charge < -0.3 is 9.88 Å². The summed E-state index contributed by atoms with van der Waals surface area (Å²) in [5, 5.41) is 2.87. The molecule has 1 amide bonds. The summed E-state index contributed by atoms with van der Waals surface area (Å²) in [5.41, 5.74) is 1.05. The fourth-order valence-electron chi connectivity index (χ4n) is 2.17. The van der Waals surface area contributed by atoms with Crippen LogP contribution in [0.3, 0.4) is 0 Å². The van der Waals surface area contributed by atoms with Crippen LogP contribution in [0.15, 0.2) is 36.7 Å². The third-order valence-electron chi connectivity index (χ3n) is 3.37. The first-order valence-electron chi connectivity index (χ1n) is 7.20. The third kappa shape index (κ3) is 4.70. The van der Waals surface area contributed by atoms with Crippen molar-refractivity contribution in [3.8, 4) is 0 Å². The minimum Gasteiger partial charge on any atom is -0.349 e. The molecule has 0 saturated heterocycles. The van der Waals surface area contributed by atoms with E-state index in [0.717, 1.165) is 30.8 Å². The maximum Gasteiger partial charge on any atom is 0.220 e. The molecule has 1 aromatic carbocycles. The molecule has 0 saturated carbocycles. The molecule has 0 radical (unpaired) electrons. The van der Waals surface area contributed by atoms with Crippen LogP contribution in [0.25, 0.3) is 0 Å². The normalized spacial score (nSPS) is 10.6. The van der Waals surface area contributed by atoms with Crippen molar-refractivity contribution in [2.24, 2.45) is 0 Å². The van der Waals surface area contributed by atoms with Crippen LogP contribution in [0.5, 0.6) is 0 Å². The SMILES string of the molecule is CCn1ccnc1CNC(=O)CCCc1ccc(F)cc1. The van der Waals surface area contributed by atoms with Crippen molar-refractivity contribution in [3.63, 3.8) is 0 Å². The Bertz CT molecular complexity index is 577. The van der Waals surface area contributed by atoms with Crippen molar-refractivity contribution in [2.75, 3.05) is 0 Å². The first-order valence-corrected chi connectivity index (χ1v) is 7.20. The van der Waals surface area contributed by atoms with E-state index in [1.165, 1.54) is 12.1 Å². The minimum atomic E-state index is -0.233. The van der Waals surface area contributed by atoms with Crippen LogP contribution in [0.2, 0.25) is 0 Å². The van der Waals surface area contributed by atoms with E-state index in [0.29, 0.717) is 13.0 Å². The number of rotatable bonds is 7. The lowest BCUT2D eigenvalue weighted by Gasteiger charge is -2.07. The molecule has 21 heavy (non-hydrogen) atoms. The van der Waals surface area contributed by atoms with Crippen LogP contribution in [-0.4, -0.2) is 15.5 Å². The minimum absolute atomic E-state index is 0.0164. The monoisotopic (exact) mass is 289 g/mol. The lowest BCUT2D eigenvalue weighted by Crippen LogP contribution is -2.24. The second-order valence-electron chi connectivity index (χ2n) is 4.89. The number of hydrogen-bond donors (Lipinski definition) is 1. The number of halogens is 1. The average Bonchev–Trinajstić information content (AvgIpc) is 2.95. The molecule has 0 aliphatic heterocycles. The standard InChI is InChI=1S/C16H20FN3O/c1-2-20-11-10-18-15(20)12-19-16(21)5-3-4-13-6-8-14(17)9-7-13/h6-11H,2-5,12H2,1H3,(H,19,21). The van der Waals surface area contributed by atoms with E-state index in [1.807, 2.05) is 17.7 Å². The number of benzene rings is 1. The van der Waals surface area contributed by atoms with Crippen LogP contribution in [0, 0.1) is 5.82 Å². The zero-order valence-corrected chi connectivity index (χ0v) is 12.2. The lowest BCUT2D eigenvalue weighted by atomic mass is 10.1. The first-order chi connectivity index (χ1) is 10.2. The number of amides is 1. The average molecular weight is 289 g/mol. The Morgan fingerprint density at radius 3 is 2.81 bits per heavy atom. The summed E-state index contributed by atoms with van der Waals surface area (Å²) in [7, 11) is 0. The molecule has 112 valence electrons. The van der Waals surface area contributed by atoms with Crippen molar-refractivity contribution < 1.29 is 9.18 Å². The highest BCUT2D eigenvalue weighted by Crippen LogP contribution is 2.07. The Hall–Kier alpha value is -2.17. The molecular formula is C16H20FN3O. The highest BCUT2D eigenvalue weighted by atomic mass is 19.1. The Balaban J connectivity index is 1.69.